The number of hydrogen-bond donors (Lipinski definition) is 2. The van der Waals surface area contributed by atoms with Crippen LogP contribution in [-0.2, 0) is 14.3 Å². The number of carbonyl (C=O) groups is 3. The molecule has 2 rings (SSSR count). The lowest BCUT2D eigenvalue weighted by molar-refractivity contribution is -0.147. The van der Waals surface area contributed by atoms with E-state index in [1.54, 1.807) is 4.90 Å². The van der Waals surface area contributed by atoms with Gasteiger partial charge in [-0.3, -0.25) is 4.79 Å². The van der Waals surface area contributed by atoms with E-state index in [2.05, 4.69) is 5.32 Å². The number of morpholine rings is 1. The topological polar surface area (TPSA) is 99.2 Å². The SMILES string of the molecule is O=C(O)C1COCCN1C(=O)NCCC(=O)N1CCCC1. The minimum Gasteiger partial charge on any atom is -0.480 e. The van der Waals surface area contributed by atoms with Crippen LogP contribution in [0.4, 0.5) is 4.79 Å². The van der Waals surface area contributed by atoms with Crippen molar-refractivity contribution in [2.24, 2.45) is 0 Å². The van der Waals surface area contributed by atoms with Crippen molar-refractivity contribution >= 4 is 17.9 Å². The molecule has 21 heavy (non-hydrogen) atoms. The van der Waals surface area contributed by atoms with Gasteiger partial charge in [-0.2, -0.15) is 0 Å². The fourth-order valence-corrected chi connectivity index (χ4v) is 2.55. The average molecular weight is 299 g/mol. The van der Waals surface area contributed by atoms with Crippen LogP contribution in [0.15, 0.2) is 0 Å². The van der Waals surface area contributed by atoms with Crippen molar-refractivity contribution in [2.75, 3.05) is 39.4 Å². The van der Waals surface area contributed by atoms with Crippen LogP contribution in [0.3, 0.4) is 0 Å². The van der Waals surface area contributed by atoms with Gasteiger partial charge in [0.1, 0.15) is 0 Å². The molecule has 2 fully saturated rings. The quantitative estimate of drug-likeness (QED) is 0.728. The van der Waals surface area contributed by atoms with Crippen LogP contribution in [0.2, 0.25) is 0 Å². The molecule has 2 saturated heterocycles. The van der Waals surface area contributed by atoms with Crippen LogP contribution in [0.5, 0.6) is 0 Å². The maximum absolute atomic E-state index is 12.0. The summed E-state index contributed by atoms with van der Waals surface area (Å²) in [5, 5.41) is 11.7. The highest BCUT2D eigenvalue weighted by Gasteiger charge is 2.32. The molecule has 3 amide bonds. The number of nitrogens with zero attached hydrogens (tertiary/aromatic N) is 2. The van der Waals surface area contributed by atoms with Gasteiger partial charge in [0.05, 0.1) is 13.2 Å². The van der Waals surface area contributed by atoms with Crippen molar-refractivity contribution < 1.29 is 24.2 Å². The number of rotatable bonds is 4. The molecule has 8 nitrogen and oxygen atoms in total. The number of hydrogen-bond acceptors (Lipinski definition) is 4. The molecule has 0 bridgehead atoms. The van der Waals surface area contributed by atoms with E-state index in [1.165, 1.54) is 4.90 Å². The predicted octanol–water partition coefficient (Wildman–Crippen LogP) is -0.506. The fraction of sp³-hybridized carbons (Fsp3) is 0.769. The summed E-state index contributed by atoms with van der Waals surface area (Å²) in [5.41, 5.74) is 0. The summed E-state index contributed by atoms with van der Waals surface area (Å²) in [5.74, 6) is -1.05. The number of nitrogens with one attached hydrogen (secondary N) is 1. The fourth-order valence-electron chi connectivity index (χ4n) is 2.55. The van der Waals surface area contributed by atoms with Gasteiger partial charge in [0.2, 0.25) is 5.91 Å². The smallest absolute Gasteiger partial charge is 0.328 e. The van der Waals surface area contributed by atoms with E-state index in [0.717, 1.165) is 25.9 Å². The van der Waals surface area contributed by atoms with Gasteiger partial charge >= 0.3 is 12.0 Å². The third-order valence-corrected chi connectivity index (χ3v) is 3.75. The van der Waals surface area contributed by atoms with E-state index >= 15 is 0 Å². The second-order valence-corrected chi connectivity index (χ2v) is 5.19. The number of likely N-dealkylation sites (tertiary alicyclic amines) is 1. The Hall–Kier alpha value is -1.83. The van der Waals surface area contributed by atoms with Crippen molar-refractivity contribution in [3.63, 3.8) is 0 Å². The molecule has 2 aliphatic rings. The first-order chi connectivity index (χ1) is 10.1. The summed E-state index contributed by atoms with van der Waals surface area (Å²) in [4.78, 5) is 37.9. The molecule has 0 aromatic rings. The molecule has 0 aliphatic carbocycles. The molecule has 8 heteroatoms. The van der Waals surface area contributed by atoms with E-state index in [0.29, 0.717) is 6.61 Å². The lowest BCUT2D eigenvalue weighted by Crippen LogP contribution is -2.55. The van der Waals surface area contributed by atoms with Crippen LogP contribution in [-0.4, -0.2) is 78.2 Å². The van der Waals surface area contributed by atoms with Crippen molar-refractivity contribution in [3.05, 3.63) is 0 Å². The Bertz CT molecular complexity index is 409. The number of amides is 3. The van der Waals surface area contributed by atoms with Gasteiger partial charge in [0.15, 0.2) is 6.04 Å². The van der Waals surface area contributed by atoms with Crippen molar-refractivity contribution in [1.82, 2.24) is 15.1 Å². The summed E-state index contributed by atoms with van der Waals surface area (Å²) < 4.78 is 5.07. The highest BCUT2D eigenvalue weighted by Crippen LogP contribution is 2.09. The van der Waals surface area contributed by atoms with E-state index in [1.807, 2.05) is 0 Å². The van der Waals surface area contributed by atoms with Gasteiger partial charge in [-0.05, 0) is 12.8 Å². The number of ether oxygens (including phenoxy) is 1. The Balaban J connectivity index is 1.75. The average Bonchev–Trinajstić information content (AvgIpc) is 3.01. The van der Waals surface area contributed by atoms with Crippen LogP contribution < -0.4 is 5.32 Å². The molecular formula is C13H21N3O5. The number of carbonyl (C=O) groups excluding carboxylic acids is 2. The van der Waals surface area contributed by atoms with Gasteiger partial charge in [-0.25, -0.2) is 9.59 Å². The van der Waals surface area contributed by atoms with Crippen LogP contribution in [0.1, 0.15) is 19.3 Å². The maximum Gasteiger partial charge on any atom is 0.328 e. The first kappa shape index (κ1) is 15.6. The Morgan fingerprint density at radius 3 is 2.57 bits per heavy atom. The van der Waals surface area contributed by atoms with Gasteiger partial charge < -0.3 is 25.0 Å². The highest BCUT2D eigenvalue weighted by atomic mass is 16.5. The Labute approximate surface area is 123 Å². The number of carboxylic acid groups (broad SMARTS) is 1. The molecule has 2 heterocycles. The molecule has 0 spiro atoms. The van der Waals surface area contributed by atoms with Gasteiger partial charge in [0, 0.05) is 32.6 Å². The zero-order valence-corrected chi connectivity index (χ0v) is 11.9. The minimum atomic E-state index is -1.09. The van der Waals surface area contributed by atoms with E-state index in [9.17, 15) is 14.4 Å². The van der Waals surface area contributed by atoms with Gasteiger partial charge in [-0.15, -0.1) is 0 Å². The number of urea groups is 1. The molecule has 0 saturated carbocycles. The molecule has 0 aromatic heterocycles. The molecule has 2 N–H and O–H groups in total. The highest BCUT2D eigenvalue weighted by molar-refractivity contribution is 5.83. The molecule has 1 unspecified atom stereocenters. The second kappa shape index (κ2) is 7.26. The Morgan fingerprint density at radius 1 is 1.19 bits per heavy atom. The molecule has 2 aliphatic heterocycles. The third-order valence-electron chi connectivity index (χ3n) is 3.75. The standard InChI is InChI=1S/C13H21N3O5/c17-11(15-5-1-2-6-15)3-4-14-13(20)16-7-8-21-9-10(16)12(18)19/h10H,1-9H2,(H,14,20)(H,18,19). The van der Waals surface area contributed by atoms with Crippen molar-refractivity contribution in [3.8, 4) is 0 Å². The van der Waals surface area contributed by atoms with Gasteiger partial charge in [0.25, 0.3) is 0 Å². The lowest BCUT2D eigenvalue weighted by atomic mass is 10.2. The minimum absolute atomic E-state index is 0.00450. The van der Waals surface area contributed by atoms with Crippen LogP contribution in [0.25, 0.3) is 0 Å². The molecule has 0 aromatic carbocycles. The zero-order valence-electron chi connectivity index (χ0n) is 11.9. The zero-order chi connectivity index (χ0) is 15.2. The maximum atomic E-state index is 12.0. The first-order valence-electron chi connectivity index (χ1n) is 7.22. The molecular weight excluding hydrogens is 278 g/mol. The lowest BCUT2D eigenvalue weighted by Gasteiger charge is -2.32. The van der Waals surface area contributed by atoms with E-state index in [4.69, 9.17) is 9.84 Å². The third kappa shape index (κ3) is 4.07. The summed E-state index contributed by atoms with van der Waals surface area (Å²) >= 11 is 0. The summed E-state index contributed by atoms with van der Waals surface area (Å²) in [6, 6.07) is -1.42. The predicted molar refractivity (Wildman–Crippen MR) is 72.8 cm³/mol. The monoisotopic (exact) mass is 299 g/mol. The van der Waals surface area contributed by atoms with Crippen molar-refractivity contribution in [1.29, 1.82) is 0 Å². The van der Waals surface area contributed by atoms with Crippen molar-refractivity contribution in [2.45, 2.75) is 25.3 Å². The van der Waals surface area contributed by atoms with E-state index < -0.39 is 18.0 Å². The number of aliphatic carboxylic acids is 1. The normalized spacial score (nSPS) is 22.2. The molecule has 1 atom stereocenters. The summed E-state index contributed by atoms with van der Waals surface area (Å²) in [7, 11) is 0. The van der Waals surface area contributed by atoms with Gasteiger partial charge in [-0.1, -0.05) is 0 Å². The van der Waals surface area contributed by atoms with E-state index in [-0.39, 0.29) is 32.0 Å². The van der Waals surface area contributed by atoms with Crippen LogP contribution in [0, 0.1) is 0 Å². The Kier molecular flexibility index (Phi) is 5.38. The summed E-state index contributed by atoms with van der Waals surface area (Å²) in [6.45, 7) is 2.36. The molecule has 0 radical (unpaired) electrons. The number of carboxylic acids is 1. The first-order valence-corrected chi connectivity index (χ1v) is 7.22. The largest absolute Gasteiger partial charge is 0.480 e. The molecule has 118 valence electrons. The van der Waals surface area contributed by atoms with Crippen LogP contribution >= 0.6 is 0 Å². The second-order valence-electron chi connectivity index (χ2n) is 5.19. The Morgan fingerprint density at radius 2 is 1.90 bits per heavy atom. The summed E-state index contributed by atoms with van der Waals surface area (Å²) in [6.07, 6.45) is 2.31.